The van der Waals surface area contributed by atoms with Gasteiger partial charge < -0.3 is 10.1 Å². The summed E-state index contributed by atoms with van der Waals surface area (Å²) in [4.78, 5) is 4.54. The average molecular weight is 319 g/mol. The van der Waals surface area contributed by atoms with Crippen LogP contribution in [0.2, 0.25) is 10.0 Å². The van der Waals surface area contributed by atoms with Crippen LogP contribution in [0, 0.1) is 0 Å². The molecule has 6 heteroatoms. The normalized spacial score (nSPS) is 10.9. The van der Waals surface area contributed by atoms with Gasteiger partial charge in [-0.3, -0.25) is 0 Å². The smallest absolute Gasteiger partial charge is 0.183 e. The van der Waals surface area contributed by atoms with Gasteiger partial charge in [0.25, 0.3) is 0 Å². The van der Waals surface area contributed by atoms with Crippen molar-refractivity contribution >= 4 is 49.9 Å². The fraction of sp³-hybridized carbons (Fsp3) is 0.462. The monoisotopic (exact) mass is 318 g/mol. The minimum Gasteiger partial charge on any atom is -0.490 e. The molecule has 1 heterocycles. The number of nitrogens with one attached hydrogen (secondary N) is 1. The molecule has 1 aromatic carbocycles. The highest BCUT2D eigenvalue weighted by atomic mass is 35.5. The highest BCUT2D eigenvalue weighted by molar-refractivity contribution is 7.22. The summed E-state index contributed by atoms with van der Waals surface area (Å²) in [5, 5.41) is 5.24. The molecule has 0 spiro atoms. The van der Waals surface area contributed by atoms with Crippen molar-refractivity contribution in [1.29, 1.82) is 0 Å². The Kier molecular flexibility index (Phi) is 5.13. The van der Waals surface area contributed by atoms with Crippen LogP contribution in [0.25, 0.3) is 10.2 Å². The lowest BCUT2D eigenvalue weighted by Gasteiger charge is -2.07. The van der Waals surface area contributed by atoms with Gasteiger partial charge in [-0.2, -0.15) is 0 Å². The molecular formula is C13H16Cl2N2OS. The number of ether oxygens (including phenoxy) is 1. The number of thiazole rings is 1. The maximum Gasteiger partial charge on any atom is 0.183 e. The second kappa shape index (κ2) is 6.64. The van der Waals surface area contributed by atoms with Crippen LogP contribution in [0.3, 0.4) is 0 Å². The number of rotatable bonds is 6. The van der Waals surface area contributed by atoms with Gasteiger partial charge in [0.1, 0.15) is 5.52 Å². The van der Waals surface area contributed by atoms with Crippen LogP contribution in [0.15, 0.2) is 6.07 Å². The lowest BCUT2D eigenvalue weighted by molar-refractivity contribution is 0.321. The zero-order valence-corrected chi connectivity index (χ0v) is 13.3. The van der Waals surface area contributed by atoms with E-state index in [-0.39, 0.29) is 0 Å². The first-order valence-electron chi connectivity index (χ1n) is 6.32. The van der Waals surface area contributed by atoms with Crippen molar-refractivity contribution in [3.8, 4) is 5.75 Å². The van der Waals surface area contributed by atoms with E-state index < -0.39 is 0 Å². The predicted octanol–water partition coefficient (Wildman–Crippen LogP) is 5.21. The summed E-state index contributed by atoms with van der Waals surface area (Å²) in [5.74, 6) is 0.628. The molecule has 19 heavy (non-hydrogen) atoms. The van der Waals surface area contributed by atoms with E-state index in [1.54, 1.807) is 6.07 Å². The number of aromatic nitrogens is 1. The molecule has 0 amide bonds. The Balaban J connectivity index is 2.44. The molecule has 0 unspecified atom stereocenters. The lowest BCUT2D eigenvalue weighted by atomic mass is 10.3. The molecule has 3 nitrogen and oxygen atoms in total. The molecule has 2 rings (SSSR count). The summed E-state index contributed by atoms with van der Waals surface area (Å²) in [6, 6.07) is 1.72. The Morgan fingerprint density at radius 2 is 2.05 bits per heavy atom. The lowest BCUT2D eigenvalue weighted by Crippen LogP contribution is -1.99. The summed E-state index contributed by atoms with van der Waals surface area (Å²) in [6.07, 6.45) is 1.97. The number of hydrogen-bond donors (Lipinski definition) is 1. The minimum absolute atomic E-state index is 0.512. The second-order valence-corrected chi connectivity index (χ2v) is 5.95. The van der Waals surface area contributed by atoms with E-state index in [0.717, 1.165) is 34.7 Å². The largest absolute Gasteiger partial charge is 0.490 e. The number of anilines is 1. The van der Waals surface area contributed by atoms with Crippen LogP contribution >= 0.6 is 34.5 Å². The van der Waals surface area contributed by atoms with Gasteiger partial charge in [0, 0.05) is 6.54 Å². The number of nitrogens with zero attached hydrogens (tertiary/aromatic N) is 1. The Bertz CT molecular complexity index is 571. The van der Waals surface area contributed by atoms with E-state index in [1.165, 1.54) is 11.3 Å². The second-order valence-electron chi connectivity index (χ2n) is 4.14. The van der Waals surface area contributed by atoms with Crippen LogP contribution in [0.5, 0.6) is 5.75 Å². The number of benzene rings is 1. The van der Waals surface area contributed by atoms with Crippen LogP contribution in [0.4, 0.5) is 5.13 Å². The maximum atomic E-state index is 6.22. The minimum atomic E-state index is 0.512. The summed E-state index contributed by atoms with van der Waals surface area (Å²) in [7, 11) is 0. The standard InChI is InChI=1S/C13H16Cl2N2OS/c1-3-5-16-13-17-10-11(18-6-4-2)8(14)7-9(15)12(10)19-13/h7H,3-6H2,1-2H3,(H,16,17). The Labute approximate surface area is 126 Å². The van der Waals surface area contributed by atoms with Crippen LogP contribution in [-0.4, -0.2) is 18.1 Å². The molecule has 1 aromatic heterocycles. The van der Waals surface area contributed by atoms with Crippen LogP contribution < -0.4 is 10.1 Å². The van der Waals surface area contributed by atoms with E-state index >= 15 is 0 Å². The molecule has 0 aliphatic heterocycles. The van der Waals surface area contributed by atoms with Crippen molar-refractivity contribution in [3.05, 3.63) is 16.1 Å². The molecule has 1 N–H and O–H groups in total. The highest BCUT2D eigenvalue weighted by Crippen LogP contribution is 2.42. The predicted molar refractivity (Wildman–Crippen MR) is 84.2 cm³/mol. The zero-order valence-electron chi connectivity index (χ0n) is 10.9. The summed E-state index contributed by atoms with van der Waals surface area (Å²) < 4.78 is 6.61. The van der Waals surface area contributed by atoms with Crippen molar-refractivity contribution in [2.45, 2.75) is 26.7 Å². The third kappa shape index (κ3) is 3.25. The first-order valence-corrected chi connectivity index (χ1v) is 7.89. The summed E-state index contributed by atoms with van der Waals surface area (Å²) >= 11 is 13.9. The molecule has 0 atom stereocenters. The zero-order chi connectivity index (χ0) is 13.8. The van der Waals surface area contributed by atoms with E-state index in [2.05, 4.69) is 24.1 Å². The Morgan fingerprint density at radius 3 is 2.74 bits per heavy atom. The molecule has 104 valence electrons. The van der Waals surface area contributed by atoms with Gasteiger partial charge >= 0.3 is 0 Å². The third-order valence-electron chi connectivity index (χ3n) is 2.51. The highest BCUT2D eigenvalue weighted by Gasteiger charge is 2.16. The molecule has 0 saturated heterocycles. The molecule has 0 fully saturated rings. The molecule has 0 aliphatic carbocycles. The molecule has 0 bridgehead atoms. The third-order valence-corrected chi connectivity index (χ3v) is 4.24. The van der Waals surface area contributed by atoms with Crippen molar-refractivity contribution in [2.75, 3.05) is 18.5 Å². The van der Waals surface area contributed by atoms with Gasteiger partial charge in [-0.05, 0) is 18.9 Å². The van der Waals surface area contributed by atoms with Gasteiger partial charge in [0.2, 0.25) is 0 Å². The van der Waals surface area contributed by atoms with E-state index in [0.29, 0.717) is 22.4 Å². The Morgan fingerprint density at radius 1 is 1.26 bits per heavy atom. The van der Waals surface area contributed by atoms with Gasteiger partial charge in [0.05, 0.1) is 21.4 Å². The van der Waals surface area contributed by atoms with Crippen LogP contribution in [-0.2, 0) is 0 Å². The molecule has 2 aromatic rings. The molecule has 0 saturated carbocycles. The fourth-order valence-electron chi connectivity index (χ4n) is 1.64. The topological polar surface area (TPSA) is 34.2 Å². The average Bonchev–Trinajstić information content (AvgIpc) is 2.80. The van der Waals surface area contributed by atoms with E-state index in [4.69, 9.17) is 27.9 Å². The molecule has 0 radical (unpaired) electrons. The SMILES string of the molecule is CCCNc1nc2c(OCCC)c(Cl)cc(Cl)c2s1. The van der Waals surface area contributed by atoms with Gasteiger partial charge in [-0.25, -0.2) is 4.98 Å². The van der Waals surface area contributed by atoms with E-state index in [9.17, 15) is 0 Å². The van der Waals surface area contributed by atoms with Gasteiger partial charge in [-0.15, -0.1) is 0 Å². The Hall–Kier alpha value is -0.710. The van der Waals surface area contributed by atoms with Gasteiger partial charge in [-0.1, -0.05) is 48.4 Å². The quantitative estimate of drug-likeness (QED) is 0.793. The first kappa shape index (κ1) is 14.7. The first-order chi connectivity index (χ1) is 9.17. The summed E-state index contributed by atoms with van der Waals surface area (Å²) in [6.45, 7) is 5.66. The fourth-order valence-corrected chi connectivity index (χ4v) is 3.16. The van der Waals surface area contributed by atoms with E-state index in [1.807, 2.05) is 0 Å². The number of hydrogen-bond acceptors (Lipinski definition) is 4. The van der Waals surface area contributed by atoms with Gasteiger partial charge in [0.15, 0.2) is 10.9 Å². The summed E-state index contributed by atoms with van der Waals surface area (Å²) in [5.41, 5.74) is 0.745. The number of halogens is 2. The van der Waals surface area contributed by atoms with Crippen molar-refractivity contribution < 1.29 is 4.74 Å². The van der Waals surface area contributed by atoms with Crippen LogP contribution in [0.1, 0.15) is 26.7 Å². The van der Waals surface area contributed by atoms with Crippen molar-refractivity contribution in [1.82, 2.24) is 4.98 Å². The molecular weight excluding hydrogens is 303 g/mol. The molecule has 0 aliphatic rings. The van der Waals surface area contributed by atoms with Crippen molar-refractivity contribution in [3.63, 3.8) is 0 Å². The number of fused-ring (bicyclic) bond motifs is 1. The van der Waals surface area contributed by atoms with Crippen molar-refractivity contribution in [2.24, 2.45) is 0 Å². The maximum absolute atomic E-state index is 6.22.